The lowest BCUT2D eigenvalue weighted by atomic mass is 9.70. The van der Waals surface area contributed by atoms with Crippen molar-refractivity contribution in [3.05, 3.63) is 41.9 Å². The summed E-state index contributed by atoms with van der Waals surface area (Å²) >= 11 is 0. The predicted molar refractivity (Wildman–Crippen MR) is 66.3 cm³/mol. The SMILES string of the molecule is O=C1/C(=C\c2ccco2)CCC2CC=CCC12. The summed E-state index contributed by atoms with van der Waals surface area (Å²) in [5.74, 6) is 1.91. The fourth-order valence-corrected chi connectivity index (χ4v) is 2.90. The third-order valence-corrected chi connectivity index (χ3v) is 3.86. The normalized spacial score (nSPS) is 30.6. The van der Waals surface area contributed by atoms with Gasteiger partial charge in [0.25, 0.3) is 0 Å². The number of rotatable bonds is 1. The summed E-state index contributed by atoms with van der Waals surface area (Å²) in [6, 6.07) is 3.75. The van der Waals surface area contributed by atoms with Gasteiger partial charge in [0, 0.05) is 5.92 Å². The highest BCUT2D eigenvalue weighted by Crippen LogP contribution is 2.38. The predicted octanol–water partition coefficient (Wildman–Crippen LogP) is 3.61. The van der Waals surface area contributed by atoms with Crippen molar-refractivity contribution in [3.8, 4) is 0 Å². The molecule has 0 bridgehead atoms. The molecule has 17 heavy (non-hydrogen) atoms. The first-order valence-corrected chi connectivity index (χ1v) is 6.28. The molecule has 3 rings (SSSR count). The van der Waals surface area contributed by atoms with E-state index >= 15 is 0 Å². The molecule has 2 heteroatoms. The number of allylic oxidation sites excluding steroid dienone is 3. The van der Waals surface area contributed by atoms with Crippen LogP contribution in [0.15, 0.2) is 40.5 Å². The molecule has 0 radical (unpaired) electrons. The fourth-order valence-electron chi connectivity index (χ4n) is 2.90. The van der Waals surface area contributed by atoms with E-state index in [1.807, 2.05) is 18.2 Å². The van der Waals surface area contributed by atoms with Gasteiger partial charge in [-0.3, -0.25) is 4.79 Å². The summed E-state index contributed by atoms with van der Waals surface area (Å²) in [6.45, 7) is 0. The number of furan rings is 1. The van der Waals surface area contributed by atoms with E-state index in [0.717, 1.165) is 37.0 Å². The Bertz CT molecular complexity index is 465. The van der Waals surface area contributed by atoms with Gasteiger partial charge in [-0.1, -0.05) is 12.2 Å². The molecule has 2 nitrogen and oxygen atoms in total. The van der Waals surface area contributed by atoms with Crippen molar-refractivity contribution >= 4 is 11.9 Å². The molecule has 2 aliphatic rings. The lowest BCUT2D eigenvalue weighted by Gasteiger charge is -2.32. The maximum atomic E-state index is 12.3. The Morgan fingerprint density at radius 2 is 2.18 bits per heavy atom. The summed E-state index contributed by atoms with van der Waals surface area (Å²) in [5.41, 5.74) is 0.941. The Hall–Kier alpha value is -1.57. The van der Waals surface area contributed by atoms with E-state index in [2.05, 4.69) is 12.2 Å². The zero-order valence-electron chi connectivity index (χ0n) is 9.76. The molecular formula is C15H16O2. The monoisotopic (exact) mass is 228 g/mol. The highest BCUT2D eigenvalue weighted by molar-refractivity contribution is 6.01. The van der Waals surface area contributed by atoms with Gasteiger partial charge in [0.2, 0.25) is 0 Å². The van der Waals surface area contributed by atoms with Crippen molar-refractivity contribution in [3.63, 3.8) is 0 Å². The lowest BCUT2D eigenvalue weighted by molar-refractivity contribution is -0.122. The maximum absolute atomic E-state index is 12.3. The van der Waals surface area contributed by atoms with Crippen LogP contribution in [0, 0.1) is 11.8 Å². The molecule has 0 aromatic carbocycles. The minimum Gasteiger partial charge on any atom is -0.465 e. The van der Waals surface area contributed by atoms with Crippen LogP contribution < -0.4 is 0 Å². The van der Waals surface area contributed by atoms with Gasteiger partial charge in [0.05, 0.1) is 6.26 Å². The number of hydrogen-bond acceptors (Lipinski definition) is 2. The van der Waals surface area contributed by atoms with Crippen molar-refractivity contribution in [2.24, 2.45) is 11.8 Å². The van der Waals surface area contributed by atoms with Gasteiger partial charge >= 0.3 is 0 Å². The second-order valence-corrected chi connectivity index (χ2v) is 4.90. The summed E-state index contributed by atoms with van der Waals surface area (Å²) in [6.07, 6.45) is 11.9. The molecule has 0 aliphatic heterocycles. The van der Waals surface area contributed by atoms with Crippen molar-refractivity contribution in [1.82, 2.24) is 0 Å². The minimum absolute atomic E-state index is 0.218. The number of carbonyl (C=O) groups excluding carboxylic acids is 1. The molecule has 1 aromatic heterocycles. The Kier molecular flexibility index (Phi) is 2.71. The molecular weight excluding hydrogens is 212 g/mol. The molecule has 0 N–H and O–H groups in total. The molecule has 1 fully saturated rings. The first-order valence-electron chi connectivity index (χ1n) is 6.28. The number of ketones is 1. The number of Topliss-reactive ketones (excluding diaryl/α,β-unsaturated/α-hetero) is 1. The van der Waals surface area contributed by atoms with Gasteiger partial charge in [0.1, 0.15) is 5.76 Å². The zero-order valence-corrected chi connectivity index (χ0v) is 9.76. The van der Waals surface area contributed by atoms with Crippen LogP contribution in [0.5, 0.6) is 0 Å². The summed E-state index contributed by atoms with van der Waals surface area (Å²) < 4.78 is 5.28. The summed E-state index contributed by atoms with van der Waals surface area (Å²) in [7, 11) is 0. The van der Waals surface area contributed by atoms with Crippen LogP contribution in [-0.4, -0.2) is 5.78 Å². The van der Waals surface area contributed by atoms with E-state index < -0.39 is 0 Å². The van der Waals surface area contributed by atoms with Crippen molar-refractivity contribution < 1.29 is 9.21 Å². The number of carbonyl (C=O) groups is 1. The quantitative estimate of drug-likeness (QED) is 0.543. The third kappa shape index (κ3) is 1.99. The van der Waals surface area contributed by atoms with Gasteiger partial charge in [-0.25, -0.2) is 0 Å². The van der Waals surface area contributed by atoms with Crippen molar-refractivity contribution in [2.75, 3.05) is 0 Å². The smallest absolute Gasteiger partial charge is 0.162 e. The van der Waals surface area contributed by atoms with Crippen molar-refractivity contribution in [1.29, 1.82) is 0 Å². The third-order valence-electron chi connectivity index (χ3n) is 3.86. The molecule has 88 valence electrons. The zero-order chi connectivity index (χ0) is 11.7. The highest BCUT2D eigenvalue weighted by atomic mass is 16.3. The Balaban J connectivity index is 1.84. The Morgan fingerprint density at radius 3 is 3.00 bits per heavy atom. The molecule has 0 amide bonds. The standard InChI is InChI=1S/C15H16O2/c16-15-12(10-13-5-3-9-17-13)8-7-11-4-1-2-6-14(11)15/h1-3,5,9-11,14H,4,6-8H2/b12-10-. The largest absolute Gasteiger partial charge is 0.465 e. The van der Waals surface area contributed by atoms with E-state index in [-0.39, 0.29) is 5.92 Å². The van der Waals surface area contributed by atoms with Crippen LogP contribution in [0.4, 0.5) is 0 Å². The fraction of sp³-hybridized carbons (Fsp3) is 0.400. The lowest BCUT2D eigenvalue weighted by Crippen LogP contribution is -2.31. The molecule has 2 aliphatic carbocycles. The average Bonchev–Trinajstić information content (AvgIpc) is 2.86. The Labute approximate surface area is 101 Å². The van der Waals surface area contributed by atoms with Crippen LogP contribution in [0.1, 0.15) is 31.4 Å². The molecule has 1 aromatic rings. The van der Waals surface area contributed by atoms with Gasteiger partial charge in [-0.05, 0) is 55.4 Å². The van der Waals surface area contributed by atoms with Crippen LogP contribution in [0.25, 0.3) is 6.08 Å². The molecule has 2 atom stereocenters. The minimum atomic E-state index is 0.218. The van der Waals surface area contributed by atoms with Crippen LogP contribution in [0.3, 0.4) is 0 Å². The molecule has 0 saturated heterocycles. The topological polar surface area (TPSA) is 30.2 Å². The molecule has 1 heterocycles. The van der Waals surface area contributed by atoms with Crippen LogP contribution in [0.2, 0.25) is 0 Å². The van der Waals surface area contributed by atoms with Gasteiger partial charge in [-0.15, -0.1) is 0 Å². The molecule has 2 unspecified atom stereocenters. The highest BCUT2D eigenvalue weighted by Gasteiger charge is 2.34. The summed E-state index contributed by atoms with van der Waals surface area (Å²) in [5, 5.41) is 0. The van der Waals surface area contributed by atoms with Gasteiger partial charge in [-0.2, -0.15) is 0 Å². The average molecular weight is 228 g/mol. The van der Waals surface area contributed by atoms with Crippen LogP contribution >= 0.6 is 0 Å². The van der Waals surface area contributed by atoms with Gasteiger partial charge in [0.15, 0.2) is 5.78 Å². The van der Waals surface area contributed by atoms with E-state index in [1.165, 1.54) is 0 Å². The molecule has 0 spiro atoms. The van der Waals surface area contributed by atoms with E-state index in [0.29, 0.717) is 11.7 Å². The maximum Gasteiger partial charge on any atom is 0.162 e. The number of hydrogen-bond donors (Lipinski definition) is 0. The van der Waals surface area contributed by atoms with E-state index in [1.54, 1.807) is 6.26 Å². The summed E-state index contributed by atoms with van der Waals surface area (Å²) in [4.78, 5) is 12.3. The van der Waals surface area contributed by atoms with Crippen molar-refractivity contribution in [2.45, 2.75) is 25.7 Å². The van der Waals surface area contributed by atoms with E-state index in [4.69, 9.17) is 4.42 Å². The second-order valence-electron chi connectivity index (χ2n) is 4.90. The second kappa shape index (κ2) is 4.36. The Morgan fingerprint density at radius 1 is 1.29 bits per heavy atom. The van der Waals surface area contributed by atoms with E-state index in [9.17, 15) is 4.79 Å². The first kappa shape index (κ1) is 10.6. The molecule has 1 saturated carbocycles. The van der Waals surface area contributed by atoms with Gasteiger partial charge < -0.3 is 4.42 Å². The number of fused-ring (bicyclic) bond motifs is 1. The first-order chi connectivity index (χ1) is 8.34. The van der Waals surface area contributed by atoms with Crippen LogP contribution in [-0.2, 0) is 4.79 Å².